The van der Waals surface area contributed by atoms with Crippen LogP contribution >= 0.6 is 0 Å². The fourth-order valence-electron chi connectivity index (χ4n) is 2.87. The van der Waals surface area contributed by atoms with E-state index in [1.165, 1.54) is 6.07 Å². The molecule has 0 radical (unpaired) electrons. The zero-order chi connectivity index (χ0) is 15.0. The van der Waals surface area contributed by atoms with Crippen LogP contribution in [0.3, 0.4) is 0 Å². The largest absolute Gasteiger partial charge is 0.416 e. The van der Waals surface area contributed by atoms with Crippen molar-refractivity contribution in [1.82, 2.24) is 10.2 Å². The van der Waals surface area contributed by atoms with Crippen LogP contribution < -0.4 is 10.2 Å². The topological polar surface area (TPSA) is 18.5 Å². The number of nitrogens with one attached hydrogen (secondary N) is 1. The molecule has 2 saturated heterocycles. The summed E-state index contributed by atoms with van der Waals surface area (Å²) in [6.45, 7) is 5.17. The molecule has 0 aliphatic carbocycles. The molecule has 3 rings (SSSR count). The van der Waals surface area contributed by atoms with Crippen molar-refractivity contribution in [2.75, 3.05) is 44.2 Å². The molecular formula is C14H17F4N3. The van der Waals surface area contributed by atoms with E-state index in [-0.39, 0.29) is 5.69 Å². The Morgan fingerprint density at radius 2 is 1.76 bits per heavy atom. The monoisotopic (exact) mass is 303 g/mol. The average Bonchev–Trinajstić information content (AvgIpc) is 2.39. The van der Waals surface area contributed by atoms with Crippen LogP contribution in [-0.2, 0) is 6.18 Å². The number of benzene rings is 1. The Morgan fingerprint density at radius 1 is 1.10 bits per heavy atom. The van der Waals surface area contributed by atoms with Gasteiger partial charge in [-0.2, -0.15) is 13.2 Å². The van der Waals surface area contributed by atoms with E-state index in [9.17, 15) is 17.6 Å². The summed E-state index contributed by atoms with van der Waals surface area (Å²) < 4.78 is 51.4. The van der Waals surface area contributed by atoms with E-state index < -0.39 is 17.6 Å². The van der Waals surface area contributed by atoms with E-state index in [1.54, 1.807) is 4.90 Å². The predicted octanol–water partition coefficient (Wildman–Crippen LogP) is 1.94. The molecule has 1 aromatic rings. The van der Waals surface area contributed by atoms with Gasteiger partial charge in [-0.15, -0.1) is 0 Å². The molecule has 0 amide bonds. The molecule has 1 N–H and O–H groups in total. The Kier molecular flexibility index (Phi) is 3.79. The summed E-state index contributed by atoms with van der Waals surface area (Å²) >= 11 is 0. The lowest BCUT2D eigenvalue weighted by Gasteiger charge is -2.48. The summed E-state index contributed by atoms with van der Waals surface area (Å²) in [5, 5.41) is 3.27. The SMILES string of the molecule is Fc1cc(C(F)(F)F)ccc1N1CC(N2CCNCC2)C1. The van der Waals surface area contributed by atoms with Crippen molar-refractivity contribution in [3.63, 3.8) is 0 Å². The first kappa shape index (κ1) is 14.6. The first-order valence-corrected chi connectivity index (χ1v) is 7.01. The van der Waals surface area contributed by atoms with Crippen LogP contribution in [-0.4, -0.2) is 50.2 Å². The fourth-order valence-corrected chi connectivity index (χ4v) is 2.87. The molecule has 0 aromatic heterocycles. The quantitative estimate of drug-likeness (QED) is 0.843. The van der Waals surface area contributed by atoms with Gasteiger partial charge in [-0.3, -0.25) is 4.90 Å². The second-order valence-electron chi connectivity index (χ2n) is 5.51. The second kappa shape index (κ2) is 5.46. The van der Waals surface area contributed by atoms with Gasteiger partial charge in [0.15, 0.2) is 0 Å². The average molecular weight is 303 g/mol. The molecular weight excluding hydrogens is 286 g/mol. The number of nitrogens with zero attached hydrogens (tertiary/aromatic N) is 2. The second-order valence-corrected chi connectivity index (χ2v) is 5.51. The van der Waals surface area contributed by atoms with E-state index in [2.05, 4.69) is 10.2 Å². The van der Waals surface area contributed by atoms with E-state index >= 15 is 0 Å². The van der Waals surface area contributed by atoms with Gasteiger partial charge < -0.3 is 10.2 Å². The minimum Gasteiger partial charge on any atom is -0.366 e. The highest BCUT2D eigenvalue weighted by atomic mass is 19.4. The van der Waals surface area contributed by atoms with Crippen LogP contribution in [0.25, 0.3) is 0 Å². The van der Waals surface area contributed by atoms with Gasteiger partial charge in [0, 0.05) is 45.3 Å². The number of piperazine rings is 1. The maximum atomic E-state index is 13.9. The third-order valence-corrected chi connectivity index (χ3v) is 4.15. The third-order valence-electron chi connectivity index (χ3n) is 4.15. The Labute approximate surface area is 120 Å². The highest BCUT2D eigenvalue weighted by Gasteiger charge is 2.35. The van der Waals surface area contributed by atoms with Crippen molar-refractivity contribution in [3.05, 3.63) is 29.6 Å². The van der Waals surface area contributed by atoms with Gasteiger partial charge in [0.1, 0.15) is 5.82 Å². The fraction of sp³-hybridized carbons (Fsp3) is 0.571. The van der Waals surface area contributed by atoms with E-state index in [0.717, 1.165) is 32.2 Å². The highest BCUT2D eigenvalue weighted by Crippen LogP contribution is 2.33. The molecule has 0 spiro atoms. The first-order chi connectivity index (χ1) is 9.95. The Hall–Kier alpha value is -1.34. The highest BCUT2D eigenvalue weighted by molar-refractivity contribution is 5.52. The molecule has 0 saturated carbocycles. The van der Waals surface area contributed by atoms with Crippen LogP contribution in [0, 0.1) is 5.82 Å². The Bertz CT molecular complexity index is 505. The molecule has 0 bridgehead atoms. The summed E-state index contributed by atoms with van der Waals surface area (Å²) in [5.41, 5.74) is -0.683. The maximum Gasteiger partial charge on any atom is 0.416 e. The summed E-state index contributed by atoms with van der Waals surface area (Å²) in [6, 6.07) is 3.12. The normalized spacial score (nSPS) is 21.4. The number of anilines is 1. The van der Waals surface area contributed by atoms with Crippen molar-refractivity contribution in [2.24, 2.45) is 0 Å². The maximum absolute atomic E-state index is 13.9. The number of hydrogen-bond donors (Lipinski definition) is 1. The lowest BCUT2D eigenvalue weighted by molar-refractivity contribution is -0.137. The van der Waals surface area contributed by atoms with Gasteiger partial charge in [0.05, 0.1) is 11.3 Å². The molecule has 116 valence electrons. The summed E-state index contributed by atoms with van der Waals surface area (Å²) in [5.74, 6) is -0.802. The minimum atomic E-state index is -4.50. The zero-order valence-electron chi connectivity index (χ0n) is 11.5. The van der Waals surface area contributed by atoms with Crippen LogP contribution in [0.5, 0.6) is 0 Å². The van der Waals surface area contributed by atoms with Gasteiger partial charge in [0.25, 0.3) is 0 Å². The number of hydrogen-bond acceptors (Lipinski definition) is 3. The molecule has 0 unspecified atom stereocenters. The van der Waals surface area contributed by atoms with Crippen molar-refractivity contribution in [1.29, 1.82) is 0 Å². The smallest absolute Gasteiger partial charge is 0.366 e. The standard InChI is InChI=1S/C14H17F4N3/c15-12-7-10(14(16,17)18)1-2-13(12)21-8-11(9-21)20-5-3-19-4-6-20/h1-2,7,11,19H,3-6,8-9H2. The first-order valence-electron chi connectivity index (χ1n) is 7.01. The van der Waals surface area contributed by atoms with Crippen molar-refractivity contribution in [3.8, 4) is 0 Å². The summed E-state index contributed by atoms with van der Waals surface area (Å²) in [6.07, 6.45) is -4.50. The predicted molar refractivity (Wildman–Crippen MR) is 71.8 cm³/mol. The summed E-state index contributed by atoms with van der Waals surface area (Å²) in [4.78, 5) is 4.14. The number of rotatable bonds is 2. The summed E-state index contributed by atoms with van der Waals surface area (Å²) in [7, 11) is 0. The zero-order valence-corrected chi connectivity index (χ0v) is 11.5. The number of halogens is 4. The number of alkyl halides is 3. The van der Waals surface area contributed by atoms with E-state index in [0.29, 0.717) is 25.2 Å². The molecule has 2 fully saturated rings. The van der Waals surface area contributed by atoms with Crippen molar-refractivity contribution in [2.45, 2.75) is 12.2 Å². The van der Waals surface area contributed by atoms with Gasteiger partial charge in [-0.1, -0.05) is 0 Å². The van der Waals surface area contributed by atoms with Gasteiger partial charge >= 0.3 is 6.18 Å². The van der Waals surface area contributed by atoms with E-state index in [4.69, 9.17) is 0 Å². The van der Waals surface area contributed by atoms with E-state index in [1.807, 2.05) is 0 Å². The molecule has 0 atom stereocenters. The molecule has 1 aromatic carbocycles. The lowest BCUT2D eigenvalue weighted by atomic mass is 10.0. The molecule has 21 heavy (non-hydrogen) atoms. The molecule has 2 aliphatic heterocycles. The molecule has 7 heteroatoms. The van der Waals surface area contributed by atoms with Crippen LogP contribution in [0.15, 0.2) is 18.2 Å². The minimum absolute atomic E-state index is 0.259. The van der Waals surface area contributed by atoms with Gasteiger partial charge in [-0.25, -0.2) is 4.39 Å². The van der Waals surface area contributed by atoms with Crippen molar-refractivity contribution < 1.29 is 17.6 Å². The van der Waals surface area contributed by atoms with Crippen molar-refractivity contribution >= 4 is 5.69 Å². The Balaban J connectivity index is 1.64. The molecule has 3 nitrogen and oxygen atoms in total. The van der Waals surface area contributed by atoms with Crippen LogP contribution in [0.1, 0.15) is 5.56 Å². The third kappa shape index (κ3) is 2.98. The molecule has 2 aliphatic rings. The van der Waals surface area contributed by atoms with Crippen LogP contribution in [0.2, 0.25) is 0 Å². The van der Waals surface area contributed by atoms with Crippen LogP contribution in [0.4, 0.5) is 23.2 Å². The van der Waals surface area contributed by atoms with Gasteiger partial charge in [0.2, 0.25) is 0 Å². The van der Waals surface area contributed by atoms with Gasteiger partial charge in [-0.05, 0) is 18.2 Å². The Morgan fingerprint density at radius 3 is 2.33 bits per heavy atom. The lowest BCUT2D eigenvalue weighted by Crippen LogP contribution is -2.63. The molecule has 2 heterocycles.